The fourth-order valence-electron chi connectivity index (χ4n) is 4.32. The van der Waals surface area contributed by atoms with E-state index in [1.54, 1.807) is 18.2 Å². The third kappa shape index (κ3) is 6.21. The van der Waals surface area contributed by atoms with Crippen molar-refractivity contribution in [2.24, 2.45) is 0 Å². The summed E-state index contributed by atoms with van der Waals surface area (Å²) in [4.78, 5) is 25.4. The van der Waals surface area contributed by atoms with Crippen LogP contribution < -0.4 is 5.32 Å². The van der Waals surface area contributed by atoms with Gasteiger partial charge >= 0.3 is 5.97 Å². The van der Waals surface area contributed by atoms with Crippen molar-refractivity contribution in [1.82, 2.24) is 20.3 Å². The Bertz CT molecular complexity index is 1620. The van der Waals surface area contributed by atoms with Crippen molar-refractivity contribution in [1.29, 1.82) is 0 Å². The minimum absolute atomic E-state index is 0.155. The normalized spacial score (nSPS) is 11.4. The van der Waals surface area contributed by atoms with Gasteiger partial charge in [-0.15, -0.1) is 5.10 Å². The molecule has 7 nitrogen and oxygen atoms in total. The maximum Gasteiger partial charge on any atom is 0.339 e. The van der Waals surface area contributed by atoms with Gasteiger partial charge in [-0.1, -0.05) is 78.0 Å². The molecule has 1 aromatic heterocycles. The molecule has 0 atom stereocenters. The average molecular weight is 519 g/mol. The number of esters is 1. The molecule has 0 aliphatic carbocycles. The molecule has 0 radical (unpaired) electrons. The van der Waals surface area contributed by atoms with Crippen LogP contribution in [0.25, 0.3) is 22.2 Å². The summed E-state index contributed by atoms with van der Waals surface area (Å²) in [6, 6.07) is 30.7. The lowest BCUT2D eigenvalue weighted by Gasteiger charge is -2.20. The van der Waals surface area contributed by atoms with Gasteiger partial charge in [0.05, 0.1) is 17.6 Å². The molecule has 1 N–H and O–H groups in total. The molecule has 5 rings (SSSR count). The predicted molar refractivity (Wildman–Crippen MR) is 151 cm³/mol. The summed E-state index contributed by atoms with van der Waals surface area (Å²) in [5, 5.41) is 11.5. The highest BCUT2D eigenvalue weighted by Gasteiger charge is 2.20. The smallest absolute Gasteiger partial charge is 0.339 e. The van der Waals surface area contributed by atoms with Gasteiger partial charge in [0.1, 0.15) is 11.1 Å². The van der Waals surface area contributed by atoms with Crippen molar-refractivity contribution < 1.29 is 14.3 Å². The van der Waals surface area contributed by atoms with E-state index in [9.17, 15) is 9.59 Å². The fraction of sp³-hybridized carbons (Fsp3) is 0.188. The summed E-state index contributed by atoms with van der Waals surface area (Å²) in [5.41, 5.74) is 5.82. The first-order valence-corrected chi connectivity index (χ1v) is 12.8. The topological polar surface area (TPSA) is 86.1 Å². The first kappa shape index (κ1) is 25.9. The number of nitrogens with zero attached hydrogens (tertiary/aromatic N) is 3. The highest BCUT2D eigenvalue weighted by molar-refractivity contribution is 5.98. The number of carbonyl (C=O) groups excluding carboxylic acids is 2. The van der Waals surface area contributed by atoms with Crippen LogP contribution in [0.4, 0.5) is 0 Å². The number of hydrogen-bond donors (Lipinski definition) is 1. The molecule has 1 amide bonds. The molecule has 0 saturated heterocycles. The van der Waals surface area contributed by atoms with Gasteiger partial charge in [0.2, 0.25) is 0 Å². The van der Waals surface area contributed by atoms with Gasteiger partial charge < -0.3 is 10.1 Å². The van der Waals surface area contributed by atoms with Crippen LogP contribution in [0.2, 0.25) is 0 Å². The SMILES string of the molecule is CC(C)(C)OC(=O)c1ccccc1-c1ccc(Cn2nnc3cc(C(=O)NCc4ccccc4)ccc32)cc1. The van der Waals surface area contributed by atoms with E-state index in [1.165, 1.54) is 0 Å². The Labute approximate surface area is 227 Å². The lowest BCUT2D eigenvalue weighted by atomic mass is 9.98. The van der Waals surface area contributed by atoms with Crippen LogP contribution in [-0.4, -0.2) is 32.5 Å². The molecule has 39 heavy (non-hydrogen) atoms. The van der Waals surface area contributed by atoms with Crippen molar-refractivity contribution in [2.45, 2.75) is 39.5 Å². The van der Waals surface area contributed by atoms with E-state index in [0.29, 0.717) is 29.7 Å². The zero-order chi connectivity index (χ0) is 27.4. The van der Waals surface area contributed by atoms with E-state index >= 15 is 0 Å². The Morgan fingerprint density at radius 3 is 2.31 bits per heavy atom. The van der Waals surface area contributed by atoms with E-state index in [4.69, 9.17) is 4.74 Å². The second-order valence-corrected chi connectivity index (χ2v) is 10.4. The summed E-state index contributed by atoms with van der Waals surface area (Å²) in [6.45, 7) is 6.56. The van der Waals surface area contributed by atoms with Crippen LogP contribution in [-0.2, 0) is 17.8 Å². The van der Waals surface area contributed by atoms with Gasteiger partial charge in [-0.2, -0.15) is 0 Å². The molecule has 0 fully saturated rings. The van der Waals surface area contributed by atoms with Crippen LogP contribution in [0.5, 0.6) is 0 Å². The first-order valence-electron chi connectivity index (χ1n) is 12.8. The number of benzene rings is 4. The van der Waals surface area contributed by atoms with Crippen molar-refractivity contribution in [3.63, 3.8) is 0 Å². The molecule has 0 aliphatic heterocycles. The highest BCUT2D eigenvalue weighted by atomic mass is 16.6. The predicted octanol–water partition coefficient (Wildman–Crippen LogP) is 6.03. The quantitative estimate of drug-likeness (QED) is 0.266. The molecule has 0 spiro atoms. The van der Waals surface area contributed by atoms with Crippen LogP contribution in [0.3, 0.4) is 0 Å². The molecule has 4 aromatic carbocycles. The summed E-state index contributed by atoms with van der Waals surface area (Å²) in [7, 11) is 0. The second kappa shape index (κ2) is 10.9. The number of amides is 1. The molecule has 196 valence electrons. The molecule has 7 heteroatoms. The van der Waals surface area contributed by atoms with Crippen molar-refractivity contribution >= 4 is 22.9 Å². The standard InChI is InChI=1S/C32H30N4O3/c1-32(2,3)39-31(38)27-12-8-7-11-26(27)24-15-13-23(14-16-24)21-36-29-18-17-25(19-28(29)34-35-36)30(37)33-20-22-9-5-4-6-10-22/h4-19H,20-21H2,1-3H3,(H,33,37). The summed E-state index contributed by atoms with van der Waals surface area (Å²) in [6.07, 6.45) is 0. The maximum atomic E-state index is 12.8. The third-order valence-electron chi connectivity index (χ3n) is 6.22. The lowest BCUT2D eigenvalue weighted by molar-refractivity contribution is 0.00703. The van der Waals surface area contributed by atoms with Crippen LogP contribution in [0, 0.1) is 0 Å². The van der Waals surface area contributed by atoms with E-state index in [-0.39, 0.29) is 11.9 Å². The summed E-state index contributed by atoms with van der Waals surface area (Å²) in [5.74, 6) is -0.498. The Morgan fingerprint density at radius 2 is 1.56 bits per heavy atom. The van der Waals surface area contributed by atoms with Gasteiger partial charge in [0, 0.05) is 12.1 Å². The van der Waals surface area contributed by atoms with Gasteiger partial charge in [-0.25, -0.2) is 9.48 Å². The van der Waals surface area contributed by atoms with Gasteiger partial charge in [0.25, 0.3) is 5.91 Å². The summed E-state index contributed by atoms with van der Waals surface area (Å²) >= 11 is 0. The average Bonchev–Trinajstić information content (AvgIpc) is 3.33. The fourth-order valence-corrected chi connectivity index (χ4v) is 4.32. The Hall–Kier alpha value is -4.78. The van der Waals surface area contributed by atoms with Gasteiger partial charge in [-0.05, 0) is 67.3 Å². The van der Waals surface area contributed by atoms with Crippen molar-refractivity contribution in [2.75, 3.05) is 0 Å². The van der Waals surface area contributed by atoms with E-state index in [1.807, 2.05) is 104 Å². The second-order valence-electron chi connectivity index (χ2n) is 10.4. The van der Waals surface area contributed by atoms with Crippen LogP contribution in [0.1, 0.15) is 52.6 Å². The first-order chi connectivity index (χ1) is 18.8. The zero-order valence-corrected chi connectivity index (χ0v) is 22.2. The number of ether oxygens (including phenoxy) is 1. The monoisotopic (exact) mass is 518 g/mol. The van der Waals surface area contributed by atoms with E-state index < -0.39 is 5.60 Å². The largest absolute Gasteiger partial charge is 0.456 e. The highest BCUT2D eigenvalue weighted by Crippen LogP contribution is 2.26. The molecular weight excluding hydrogens is 488 g/mol. The summed E-state index contributed by atoms with van der Waals surface area (Å²) < 4.78 is 7.41. The minimum atomic E-state index is -0.568. The number of aromatic nitrogens is 3. The molecule has 0 unspecified atom stereocenters. The zero-order valence-electron chi connectivity index (χ0n) is 22.2. The van der Waals surface area contributed by atoms with Crippen LogP contribution in [0.15, 0.2) is 97.1 Å². The number of carbonyl (C=O) groups is 2. The number of rotatable bonds is 7. The molecule has 1 heterocycles. The Kier molecular flexibility index (Phi) is 7.23. The number of nitrogens with one attached hydrogen (secondary N) is 1. The van der Waals surface area contributed by atoms with Crippen molar-refractivity contribution in [3.05, 3.63) is 119 Å². The van der Waals surface area contributed by atoms with E-state index in [0.717, 1.165) is 27.8 Å². The third-order valence-corrected chi connectivity index (χ3v) is 6.22. The number of fused-ring (bicyclic) bond motifs is 1. The number of hydrogen-bond acceptors (Lipinski definition) is 5. The molecule has 0 saturated carbocycles. The van der Waals surface area contributed by atoms with Crippen LogP contribution >= 0.6 is 0 Å². The minimum Gasteiger partial charge on any atom is -0.456 e. The van der Waals surface area contributed by atoms with E-state index in [2.05, 4.69) is 15.6 Å². The molecule has 0 aliphatic rings. The Balaban J connectivity index is 1.29. The molecule has 5 aromatic rings. The van der Waals surface area contributed by atoms with Gasteiger partial charge in [0.15, 0.2) is 0 Å². The van der Waals surface area contributed by atoms with Crippen molar-refractivity contribution in [3.8, 4) is 11.1 Å². The van der Waals surface area contributed by atoms with Gasteiger partial charge in [-0.3, -0.25) is 4.79 Å². The lowest BCUT2D eigenvalue weighted by Crippen LogP contribution is -2.24. The molecular formula is C32H30N4O3. The Morgan fingerprint density at radius 1 is 0.846 bits per heavy atom. The molecule has 0 bridgehead atoms. The maximum absolute atomic E-state index is 12.8.